The number of rotatable bonds is 3. The Kier molecular flexibility index (Phi) is 7.09. The van der Waals surface area contributed by atoms with Gasteiger partial charge >= 0.3 is 0 Å². The van der Waals surface area contributed by atoms with Crippen LogP contribution in [0.2, 0.25) is 0 Å². The Morgan fingerprint density at radius 2 is 1.87 bits per heavy atom. The minimum absolute atomic E-state index is 0. The Labute approximate surface area is 114 Å². The van der Waals surface area contributed by atoms with Gasteiger partial charge in [-0.3, -0.25) is 0 Å². The fraction of sp³-hybridized carbons (Fsp3) is 0.455. The molecule has 1 aromatic rings. The molecular formula is C11H16Br2ClN. The van der Waals surface area contributed by atoms with Gasteiger partial charge in [0.1, 0.15) is 0 Å². The Bertz CT molecular complexity index is 317. The van der Waals surface area contributed by atoms with E-state index in [0.717, 1.165) is 15.4 Å². The van der Waals surface area contributed by atoms with Gasteiger partial charge in [-0.2, -0.15) is 0 Å². The maximum absolute atomic E-state index is 6.13. The molecule has 0 aliphatic heterocycles. The monoisotopic (exact) mass is 355 g/mol. The van der Waals surface area contributed by atoms with Gasteiger partial charge in [0.15, 0.2) is 0 Å². The fourth-order valence-corrected chi connectivity index (χ4v) is 1.95. The van der Waals surface area contributed by atoms with Crippen molar-refractivity contribution >= 4 is 44.3 Å². The highest BCUT2D eigenvalue weighted by atomic mass is 79.9. The molecule has 0 aliphatic rings. The summed E-state index contributed by atoms with van der Waals surface area (Å²) in [5.41, 5.74) is 7.32. The van der Waals surface area contributed by atoms with Crippen molar-refractivity contribution in [2.45, 2.75) is 26.3 Å². The molecule has 4 heteroatoms. The van der Waals surface area contributed by atoms with Crippen LogP contribution in [0, 0.1) is 5.92 Å². The molecule has 15 heavy (non-hydrogen) atoms. The lowest BCUT2D eigenvalue weighted by atomic mass is 9.93. The molecule has 0 heterocycles. The van der Waals surface area contributed by atoms with Crippen molar-refractivity contribution in [3.8, 4) is 0 Å². The van der Waals surface area contributed by atoms with E-state index < -0.39 is 0 Å². The van der Waals surface area contributed by atoms with Gasteiger partial charge in [-0.25, -0.2) is 0 Å². The molecule has 0 aromatic heterocycles. The molecule has 2 atom stereocenters. The van der Waals surface area contributed by atoms with E-state index in [4.69, 9.17) is 5.73 Å². The van der Waals surface area contributed by atoms with Crippen LogP contribution >= 0.6 is 44.3 Å². The van der Waals surface area contributed by atoms with Crippen molar-refractivity contribution < 1.29 is 0 Å². The molecule has 1 nitrogen and oxygen atoms in total. The molecule has 0 radical (unpaired) electrons. The van der Waals surface area contributed by atoms with Crippen molar-refractivity contribution in [3.05, 3.63) is 32.7 Å². The summed E-state index contributed by atoms with van der Waals surface area (Å²) in [6.45, 7) is 4.35. The third-order valence-corrected chi connectivity index (χ3v) is 4.47. The lowest BCUT2D eigenvalue weighted by Crippen LogP contribution is -2.18. The van der Waals surface area contributed by atoms with Crippen LogP contribution in [0.15, 0.2) is 27.1 Å². The summed E-state index contributed by atoms with van der Waals surface area (Å²) in [5, 5.41) is 0. The lowest BCUT2D eigenvalue weighted by Gasteiger charge is -2.19. The summed E-state index contributed by atoms with van der Waals surface area (Å²) in [6.07, 6.45) is 1.11. The van der Waals surface area contributed by atoms with E-state index in [1.165, 1.54) is 5.56 Å². The van der Waals surface area contributed by atoms with Gasteiger partial charge in [-0.15, -0.1) is 12.4 Å². The van der Waals surface area contributed by atoms with E-state index in [9.17, 15) is 0 Å². The summed E-state index contributed by atoms with van der Waals surface area (Å²) < 4.78 is 2.13. The average Bonchev–Trinajstić information content (AvgIpc) is 2.20. The van der Waals surface area contributed by atoms with Crippen LogP contribution in [0.5, 0.6) is 0 Å². The first-order chi connectivity index (χ1) is 6.56. The van der Waals surface area contributed by atoms with Gasteiger partial charge in [0.2, 0.25) is 0 Å². The van der Waals surface area contributed by atoms with E-state index in [2.05, 4.69) is 57.8 Å². The third-order valence-electron chi connectivity index (χ3n) is 2.59. The zero-order valence-corrected chi connectivity index (χ0v) is 12.8. The quantitative estimate of drug-likeness (QED) is 0.835. The van der Waals surface area contributed by atoms with Crippen molar-refractivity contribution in [3.63, 3.8) is 0 Å². The van der Waals surface area contributed by atoms with Crippen molar-refractivity contribution in [1.82, 2.24) is 0 Å². The van der Waals surface area contributed by atoms with Gasteiger partial charge in [0.25, 0.3) is 0 Å². The predicted octanol–water partition coefficient (Wildman–Crippen LogP) is 4.68. The summed E-state index contributed by atoms with van der Waals surface area (Å²) in [7, 11) is 0. The minimum atomic E-state index is 0. The summed E-state index contributed by atoms with van der Waals surface area (Å²) in [5.74, 6) is 0.517. The highest BCUT2D eigenvalue weighted by Gasteiger charge is 2.13. The molecule has 0 amide bonds. The van der Waals surface area contributed by atoms with Crippen LogP contribution in [-0.4, -0.2) is 0 Å². The number of halogens is 3. The topological polar surface area (TPSA) is 26.0 Å². The first kappa shape index (κ1) is 15.4. The molecule has 1 aromatic carbocycles. The smallest absolute Gasteiger partial charge is 0.0321 e. The van der Waals surface area contributed by atoms with Crippen LogP contribution in [0.3, 0.4) is 0 Å². The van der Waals surface area contributed by atoms with E-state index in [1.807, 2.05) is 6.07 Å². The summed E-state index contributed by atoms with van der Waals surface area (Å²) >= 11 is 6.93. The van der Waals surface area contributed by atoms with Crippen LogP contribution < -0.4 is 5.73 Å². The number of hydrogen-bond acceptors (Lipinski definition) is 1. The Morgan fingerprint density at radius 1 is 1.27 bits per heavy atom. The third kappa shape index (κ3) is 4.06. The van der Waals surface area contributed by atoms with E-state index in [-0.39, 0.29) is 18.4 Å². The van der Waals surface area contributed by atoms with E-state index in [0.29, 0.717) is 5.92 Å². The van der Waals surface area contributed by atoms with Gasteiger partial charge in [0.05, 0.1) is 0 Å². The first-order valence-electron chi connectivity index (χ1n) is 4.76. The summed E-state index contributed by atoms with van der Waals surface area (Å²) in [4.78, 5) is 0. The van der Waals surface area contributed by atoms with Gasteiger partial charge in [0, 0.05) is 15.0 Å². The number of hydrogen-bond donors (Lipinski definition) is 1. The van der Waals surface area contributed by atoms with Crippen molar-refractivity contribution in [1.29, 1.82) is 0 Å². The number of benzene rings is 1. The van der Waals surface area contributed by atoms with Gasteiger partial charge in [-0.1, -0.05) is 26.3 Å². The van der Waals surface area contributed by atoms with E-state index >= 15 is 0 Å². The zero-order valence-electron chi connectivity index (χ0n) is 8.84. The molecule has 2 N–H and O–H groups in total. The largest absolute Gasteiger partial charge is 0.324 e. The zero-order chi connectivity index (χ0) is 10.7. The molecular weight excluding hydrogens is 341 g/mol. The SMILES string of the molecule is CCC(C)[C@@H](N)c1ccc(Br)c(Br)c1.Cl. The Balaban J connectivity index is 0.00000196. The average molecular weight is 358 g/mol. The Morgan fingerprint density at radius 3 is 2.33 bits per heavy atom. The standard InChI is InChI=1S/C11H15Br2N.ClH/c1-3-7(2)11(14)8-4-5-9(12)10(13)6-8;/h4-7,11H,3,14H2,1-2H3;1H/t7?,11-;/m1./s1. The second kappa shape index (κ2) is 6.89. The van der Waals surface area contributed by atoms with Crippen LogP contribution in [0.4, 0.5) is 0 Å². The minimum Gasteiger partial charge on any atom is -0.324 e. The van der Waals surface area contributed by atoms with Crippen molar-refractivity contribution in [2.24, 2.45) is 11.7 Å². The molecule has 1 unspecified atom stereocenters. The molecule has 0 aliphatic carbocycles. The normalized spacial score (nSPS) is 14.2. The molecule has 0 spiro atoms. The van der Waals surface area contributed by atoms with E-state index in [1.54, 1.807) is 0 Å². The highest BCUT2D eigenvalue weighted by molar-refractivity contribution is 9.13. The maximum atomic E-state index is 6.13. The lowest BCUT2D eigenvalue weighted by molar-refractivity contribution is 0.456. The molecule has 0 bridgehead atoms. The van der Waals surface area contributed by atoms with Crippen LogP contribution in [-0.2, 0) is 0 Å². The second-order valence-electron chi connectivity index (χ2n) is 3.58. The maximum Gasteiger partial charge on any atom is 0.0321 e. The molecule has 0 fully saturated rings. The van der Waals surface area contributed by atoms with Crippen molar-refractivity contribution in [2.75, 3.05) is 0 Å². The van der Waals surface area contributed by atoms with Gasteiger partial charge in [-0.05, 0) is 55.5 Å². The molecule has 86 valence electrons. The van der Waals surface area contributed by atoms with Crippen LogP contribution in [0.25, 0.3) is 0 Å². The summed E-state index contributed by atoms with van der Waals surface area (Å²) in [6, 6.07) is 6.32. The molecule has 0 saturated heterocycles. The first-order valence-corrected chi connectivity index (χ1v) is 6.35. The second-order valence-corrected chi connectivity index (χ2v) is 5.29. The predicted molar refractivity (Wildman–Crippen MR) is 75.5 cm³/mol. The Hall–Kier alpha value is 0.430. The van der Waals surface area contributed by atoms with Crippen LogP contribution in [0.1, 0.15) is 31.9 Å². The van der Waals surface area contributed by atoms with Gasteiger partial charge < -0.3 is 5.73 Å². The number of nitrogens with two attached hydrogens (primary N) is 1. The molecule has 0 saturated carbocycles. The fourth-order valence-electron chi connectivity index (χ4n) is 1.30. The molecule has 1 rings (SSSR count). The highest BCUT2D eigenvalue weighted by Crippen LogP contribution is 2.29.